The molecule has 3 heterocycles. The molecule has 3 nitrogen and oxygen atoms in total. The van der Waals surface area contributed by atoms with Crippen molar-refractivity contribution in [2.24, 2.45) is 0 Å². The average molecular weight is 662 g/mol. The first kappa shape index (κ1) is 28.8. The van der Waals surface area contributed by atoms with Gasteiger partial charge in [0.15, 0.2) is 0 Å². The van der Waals surface area contributed by atoms with Gasteiger partial charge in [-0.1, -0.05) is 115 Å². The minimum absolute atomic E-state index is 1.01. The third-order valence-electron chi connectivity index (χ3n) is 10.7. The highest BCUT2D eigenvalue weighted by Gasteiger charge is 2.17. The van der Waals surface area contributed by atoms with Crippen LogP contribution in [0.4, 0.5) is 0 Å². The van der Waals surface area contributed by atoms with E-state index >= 15 is 0 Å². The van der Waals surface area contributed by atoms with Crippen LogP contribution in [0.15, 0.2) is 188 Å². The van der Waals surface area contributed by atoms with Crippen LogP contribution in [0.25, 0.3) is 99.0 Å². The van der Waals surface area contributed by atoms with Gasteiger partial charge < -0.3 is 9.13 Å². The lowest BCUT2D eigenvalue weighted by Crippen LogP contribution is -1.94. The molecule has 52 heavy (non-hydrogen) atoms. The number of nitrogens with zero attached hydrogens (tertiary/aromatic N) is 3. The van der Waals surface area contributed by atoms with E-state index in [9.17, 15) is 0 Å². The molecule has 0 atom stereocenters. The lowest BCUT2D eigenvalue weighted by molar-refractivity contribution is 1.18. The van der Waals surface area contributed by atoms with Crippen LogP contribution in [-0.4, -0.2) is 14.1 Å². The smallest absolute Gasteiger partial charge is 0.0715 e. The van der Waals surface area contributed by atoms with E-state index < -0.39 is 0 Å². The van der Waals surface area contributed by atoms with Gasteiger partial charge >= 0.3 is 0 Å². The summed E-state index contributed by atoms with van der Waals surface area (Å²) in [5, 5.41) is 7.35. The Morgan fingerprint density at radius 3 is 1.23 bits per heavy atom. The van der Waals surface area contributed by atoms with Gasteiger partial charge in [-0.15, -0.1) is 0 Å². The van der Waals surface area contributed by atoms with Gasteiger partial charge in [-0.3, -0.25) is 0 Å². The van der Waals surface area contributed by atoms with Gasteiger partial charge in [-0.2, -0.15) is 0 Å². The first-order valence-electron chi connectivity index (χ1n) is 17.8. The van der Waals surface area contributed by atoms with Crippen LogP contribution >= 0.6 is 0 Å². The average Bonchev–Trinajstić information content (AvgIpc) is 3.72. The van der Waals surface area contributed by atoms with Crippen molar-refractivity contribution < 1.29 is 0 Å². The molecular formula is C49H31N3. The van der Waals surface area contributed by atoms with Crippen molar-refractivity contribution in [3.8, 4) is 33.6 Å². The van der Waals surface area contributed by atoms with Gasteiger partial charge in [-0.25, -0.2) is 4.98 Å². The summed E-state index contributed by atoms with van der Waals surface area (Å²) in [5.41, 5.74) is 14.0. The predicted octanol–water partition coefficient (Wildman–Crippen LogP) is 12.9. The molecular weight excluding hydrogens is 631 g/mol. The standard InChI is InChI=1S/C49H31N3/c1-2-12-35(13-3-1)51-45-20-10-6-14-37(45)41-30-33(24-28-47(41)51)34-25-29-48-42(31-34)38-15-7-11-21-46(38)52(48)36-26-22-32(23-27-36)49-39-16-4-8-18-43(39)50-44-19-9-5-17-40(44)49/h1-31H. The Labute approximate surface area is 300 Å². The largest absolute Gasteiger partial charge is 0.309 e. The van der Waals surface area contributed by atoms with E-state index in [1.165, 1.54) is 82.3 Å². The molecule has 0 aliphatic carbocycles. The van der Waals surface area contributed by atoms with E-state index in [4.69, 9.17) is 4.98 Å². The summed E-state index contributed by atoms with van der Waals surface area (Å²) in [6, 6.07) is 67.9. The number of rotatable bonds is 4. The van der Waals surface area contributed by atoms with E-state index in [0.717, 1.165) is 16.7 Å². The van der Waals surface area contributed by atoms with Crippen LogP contribution in [0.5, 0.6) is 0 Å². The van der Waals surface area contributed by atoms with E-state index in [2.05, 4.69) is 197 Å². The van der Waals surface area contributed by atoms with Crippen LogP contribution in [0.1, 0.15) is 0 Å². The van der Waals surface area contributed by atoms with Crippen molar-refractivity contribution in [2.75, 3.05) is 0 Å². The molecule has 11 rings (SSSR count). The van der Waals surface area contributed by atoms with Gasteiger partial charge in [0.25, 0.3) is 0 Å². The zero-order valence-corrected chi connectivity index (χ0v) is 28.2. The summed E-state index contributed by atoms with van der Waals surface area (Å²) >= 11 is 0. The molecule has 0 aliphatic heterocycles. The molecule has 0 N–H and O–H groups in total. The van der Waals surface area contributed by atoms with Crippen LogP contribution in [0.3, 0.4) is 0 Å². The van der Waals surface area contributed by atoms with Crippen molar-refractivity contribution in [1.29, 1.82) is 0 Å². The molecule has 3 heteroatoms. The van der Waals surface area contributed by atoms with Gasteiger partial charge in [0.1, 0.15) is 0 Å². The SMILES string of the molecule is c1ccc(-n2c3ccccc3c3cc(-c4ccc5c(c4)c4ccccc4n5-c4ccc(-c5c6ccccc6nc6ccccc56)cc4)ccc32)cc1. The number of hydrogen-bond donors (Lipinski definition) is 0. The normalized spacial score (nSPS) is 11.8. The van der Waals surface area contributed by atoms with Crippen LogP contribution in [-0.2, 0) is 0 Å². The Kier molecular flexibility index (Phi) is 6.25. The molecule has 0 spiro atoms. The zero-order valence-electron chi connectivity index (χ0n) is 28.2. The molecule has 0 saturated heterocycles. The quantitative estimate of drug-likeness (QED) is 0.172. The van der Waals surface area contributed by atoms with Gasteiger partial charge in [0, 0.05) is 49.3 Å². The first-order valence-corrected chi connectivity index (χ1v) is 17.8. The number of hydrogen-bond acceptors (Lipinski definition) is 1. The van der Waals surface area contributed by atoms with Crippen LogP contribution < -0.4 is 0 Å². The molecule has 8 aromatic carbocycles. The maximum Gasteiger partial charge on any atom is 0.0715 e. The molecule has 0 fully saturated rings. The van der Waals surface area contributed by atoms with E-state index in [1.54, 1.807) is 0 Å². The molecule has 242 valence electrons. The molecule has 0 bridgehead atoms. The Hall–Kier alpha value is -6.97. The summed E-state index contributed by atoms with van der Waals surface area (Å²) in [4.78, 5) is 4.96. The highest BCUT2D eigenvalue weighted by atomic mass is 15.0. The zero-order chi connectivity index (χ0) is 34.2. The number of para-hydroxylation sites is 5. The number of benzene rings is 8. The number of fused-ring (bicyclic) bond motifs is 8. The minimum Gasteiger partial charge on any atom is -0.309 e. The van der Waals surface area contributed by atoms with E-state index in [0.29, 0.717) is 0 Å². The van der Waals surface area contributed by atoms with Crippen LogP contribution in [0.2, 0.25) is 0 Å². The Morgan fingerprint density at radius 1 is 0.288 bits per heavy atom. The lowest BCUT2D eigenvalue weighted by Gasteiger charge is -2.13. The van der Waals surface area contributed by atoms with Crippen LogP contribution in [0, 0.1) is 0 Å². The summed E-state index contributed by atoms with van der Waals surface area (Å²) in [6.07, 6.45) is 0. The maximum absolute atomic E-state index is 4.96. The van der Waals surface area contributed by atoms with E-state index in [1.807, 2.05) is 0 Å². The van der Waals surface area contributed by atoms with Crippen molar-refractivity contribution in [3.63, 3.8) is 0 Å². The predicted molar refractivity (Wildman–Crippen MR) is 219 cm³/mol. The Morgan fingerprint density at radius 2 is 0.692 bits per heavy atom. The molecule has 0 saturated carbocycles. The van der Waals surface area contributed by atoms with E-state index in [-0.39, 0.29) is 0 Å². The van der Waals surface area contributed by atoms with Gasteiger partial charge in [0.2, 0.25) is 0 Å². The second-order valence-electron chi connectivity index (χ2n) is 13.6. The minimum atomic E-state index is 1.01. The lowest BCUT2D eigenvalue weighted by atomic mass is 9.96. The Balaban J connectivity index is 1.05. The van der Waals surface area contributed by atoms with Gasteiger partial charge in [0.05, 0.1) is 33.1 Å². The molecule has 0 unspecified atom stereocenters. The number of pyridine rings is 1. The van der Waals surface area contributed by atoms with Crippen molar-refractivity contribution >= 4 is 65.4 Å². The third kappa shape index (κ3) is 4.30. The van der Waals surface area contributed by atoms with Gasteiger partial charge in [-0.05, 0) is 89.5 Å². The number of aromatic nitrogens is 3. The highest BCUT2D eigenvalue weighted by molar-refractivity contribution is 6.13. The fraction of sp³-hybridized carbons (Fsp3) is 0. The summed E-state index contributed by atoms with van der Waals surface area (Å²) in [6.45, 7) is 0. The molecule has 3 aromatic heterocycles. The summed E-state index contributed by atoms with van der Waals surface area (Å²) < 4.78 is 4.77. The summed E-state index contributed by atoms with van der Waals surface area (Å²) in [5.74, 6) is 0. The fourth-order valence-corrected chi connectivity index (χ4v) is 8.37. The van der Waals surface area contributed by atoms with Crippen molar-refractivity contribution in [1.82, 2.24) is 14.1 Å². The second-order valence-corrected chi connectivity index (χ2v) is 13.6. The van der Waals surface area contributed by atoms with Crippen molar-refractivity contribution in [3.05, 3.63) is 188 Å². The highest BCUT2D eigenvalue weighted by Crippen LogP contribution is 2.39. The maximum atomic E-state index is 4.96. The fourth-order valence-electron chi connectivity index (χ4n) is 8.37. The molecule has 0 aliphatic rings. The summed E-state index contributed by atoms with van der Waals surface area (Å²) in [7, 11) is 0. The topological polar surface area (TPSA) is 22.8 Å². The van der Waals surface area contributed by atoms with Crippen molar-refractivity contribution in [2.45, 2.75) is 0 Å². The first-order chi connectivity index (χ1) is 25.8. The third-order valence-corrected chi connectivity index (χ3v) is 10.7. The molecule has 11 aromatic rings. The molecule has 0 radical (unpaired) electrons. The Bertz CT molecular complexity index is 3110. The second kappa shape index (κ2) is 11.3. The molecule has 0 amide bonds. The monoisotopic (exact) mass is 661 g/mol.